The Morgan fingerprint density at radius 3 is 2.22 bits per heavy atom. The zero-order chi connectivity index (χ0) is 13.4. The van der Waals surface area contributed by atoms with Crippen LogP contribution in [-0.2, 0) is 12.8 Å². The molecular weight excluding hydrogens is 220 g/mol. The number of hydrogen-bond donors (Lipinski definition) is 0. The molecule has 1 aromatic carbocycles. The van der Waals surface area contributed by atoms with Gasteiger partial charge in [0.2, 0.25) is 0 Å². The van der Waals surface area contributed by atoms with Gasteiger partial charge in [0, 0.05) is 0 Å². The van der Waals surface area contributed by atoms with Gasteiger partial charge in [-0.3, -0.25) is 0 Å². The maximum Gasteiger partial charge on any atom is 0.125 e. The average molecular weight is 248 g/mol. The van der Waals surface area contributed by atoms with Gasteiger partial charge in [0.25, 0.3) is 0 Å². The zero-order valence-electron chi connectivity index (χ0n) is 12.5. The van der Waals surface area contributed by atoms with Crippen molar-refractivity contribution in [3.05, 3.63) is 28.8 Å². The van der Waals surface area contributed by atoms with E-state index in [0.29, 0.717) is 0 Å². The Hall–Kier alpha value is -0.980. The molecule has 0 aliphatic heterocycles. The van der Waals surface area contributed by atoms with E-state index in [2.05, 4.69) is 39.8 Å². The number of unbranched alkanes of at least 4 members (excludes halogenated alkanes) is 2. The van der Waals surface area contributed by atoms with Crippen LogP contribution in [0.3, 0.4) is 0 Å². The topological polar surface area (TPSA) is 9.23 Å². The minimum atomic E-state index is 0.761. The number of aryl methyl sites for hydroxylation is 2. The van der Waals surface area contributed by atoms with Gasteiger partial charge < -0.3 is 4.74 Å². The molecule has 0 N–H and O–H groups in total. The van der Waals surface area contributed by atoms with E-state index >= 15 is 0 Å². The van der Waals surface area contributed by atoms with Crippen LogP contribution in [-0.4, -0.2) is 6.61 Å². The molecule has 102 valence electrons. The van der Waals surface area contributed by atoms with Crippen molar-refractivity contribution in [1.82, 2.24) is 0 Å². The van der Waals surface area contributed by atoms with E-state index < -0.39 is 0 Å². The molecule has 0 fully saturated rings. The van der Waals surface area contributed by atoms with Crippen LogP contribution >= 0.6 is 0 Å². The zero-order valence-corrected chi connectivity index (χ0v) is 12.5. The smallest absolute Gasteiger partial charge is 0.125 e. The van der Waals surface area contributed by atoms with Gasteiger partial charge in [-0.25, -0.2) is 0 Å². The van der Waals surface area contributed by atoms with Crippen LogP contribution < -0.4 is 4.74 Å². The highest BCUT2D eigenvalue weighted by molar-refractivity contribution is 5.46. The molecule has 1 heteroatoms. The number of rotatable bonds is 8. The predicted octanol–water partition coefficient (Wildman–Crippen LogP) is 5.08. The Morgan fingerprint density at radius 1 is 0.944 bits per heavy atom. The van der Waals surface area contributed by atoms with Crippen molar-refractivity contribution in [2.45, 2.75) is 66.2 Å². The summed E-state index contributed by atoms with van der Waals surface area (Å²) in [5, 5.41) is 0. The van der Waals surface area contributed by atoms with Crippen LogP contribution in [0.25, 0.3) is 0 Å². The molecule has 0 unspecified atom stereocenters. The van der Waals surface area contributed by atoms with Crippen LogP contribution in [0.15, 0.2) is 12.1 Å². The first kappa shape index (κ1) is 15.1. The molecule has 0 bridgehead atoms. The van der Waals surface area contributed by atoms with Crippen molar-refractivity contribution in [3.63, 3.8) is 0 Å². The van der Waals surface area contributed by atoms with Crippen LogP contribution in [0.5, 0.6) is 5.75 Å². The summed E-state index contributed by atoms with van der Waals surface area (Å²) in [6.45, 7) is 9.49. The van der Waals surface area contributed by atoms with Crippen molar-refractivity contribution in [1.29, 1.82) is 0 Å². The molecule has 0 atom stereocenters. The SMILES string of the molecule is CCCCc1ccc(C)c(OCC)c1CCCC. The Balaban J connectivity index is 3.03. The fraction of sp³-hybridized carbons (Fsp3) is 0.647. The molecular formula is C17H28O. The average Bonchev–Trinajstić information content (AvgIpc) is 2.38. The van der Waals surface area contributed by atoms with Gasteiger partial charge in [0.15, 0.2) is 0 Å². The third-order valence-electron chi connectivity index (χ3n) is 3.42. The lowest BCUT2D eigenvalue weighted by Gasteiger charge is -2.17. The molecule has 1 rings (SSSR count). The maximum absolute atomic E-state index is 5.89. The Kier molecular flexibility index (Phi) is 6.85. The summed E-state index contributed by atoms with van der Waals surface area (Å²) in [7, 11) is 0. The summed E-state index contributed by atoms with van der Waals surface area (Å²) in [6.07, 6.45) is 7.37. The van der Waals surface area contributed by atoms with Crippen LogP contribution in [0.1, 0.15) is 63.1 Å². The molecule has 0 radical (unpaired) electrons. The van der Waals surface area contributed by atoms with E-state index in [0.717, 1.165) is 18.8 Å². The summed E-state index contributed by atoms with van der Waals surface area (Å²) in [4.78, 5) is 0. The van der Waals surface area contributed by atoms with Gasteiger partial charge in [0.1, 0.15) is 5.75 Å². The van der Waals surface area contributed by atoms with Gasteiger partial charge in [-0.15, -0.1) is 0 Å². The number of hydrogen-bond acceptors (Lipinski definition) is 1. The van der Waals surface area contributed by atoms with E-state index in [9.17, 15) is 0 Å². The minimum absolute atomic E-state index is 0.761. The van der Waals surface area contributed by atoms with Crippen molar-refractivity contribution >= 4 is 0 Å². The van der Waals surface area contributed by atoms with Crippen LogP contribution in [0, 0.1) is 6.92 Å². The van der Waals surface area contributed by atoms with Crippen molar-refractivity contribution in [2.24, 2.45) is 0 Å². The highest BCUT2D eigenvalue weighted by Crippen LogP contribution is 2.29. The molecule has 0 aliphatic rings. The second kappa shape index (κ2) is 8.18. The molecule has 0 aromatic heterocycles. The van der Waals surface area contributed by atoms with Gasteiger partial charge in [-0.2, -0.15) is 0 Å². The quantitative estimate of drug-likeness (QED) is 0.623. The Bertz CT molecular complexity index is 355. The van der Waals surface area contributed by atoms with Crippen molar-refractivity contribution < 1.29 is 4.74 Å². The van der Waals surface area contributed by atoms with Gasteiger partial charge >= 0.3 is 0 Å². The molecule has 0 heterocycles. The monoisotopic (exact) mass is 248 g/mol. The lowest BCUT2D eigenvalue weighted by molar-refractivity contribution is 0.333. The van der Waals surface area contributed by atoms with Gasteiger partial charge in [0.05, 0.1) is 6.61 Å². The number of benzene rings is 1. The summed E-state index contributed by atoms with van der Waals surface area (Å²) < 4.78 is 5.89. The standard InChI is InChI=1S/C17H28O/c1-5-8-10-15-13-12-14(4)17(18-7-3)16(15)11-9-6-2/h12-13H,5-11H2,1-4H3. The third kappa shape index (κ3) is 4.04. The first-order valence-electron chi connectivity index (χ1n) is 7.48. The maximum atomic E-state index is 5.89. The highest BCUT2D eigenvalue weighted by atomic mass is 16.5. The molecule has 0 aliphatic carbocycles. The predicted molar refractivity (Wildman–Crippen MR) is 79.6 cm³/mol. The molecule has 1 aromatic rings. The fourth-order valence-electron chi connectivity index (χ4n) is 2.36. The Labute approximate surface area is 113 Å². The summed E-state index contributed by atoms with van der Waals surface area (Å²) in [5.74, 6) is 1.15. The molecule has 18 heavy (non-hydrogen) atoms. The second-order valence-electron chi connectivity index (χ2n) is 4.99. The third-order valence-corrected chi connectivity index (χ3v) is 3.42. The largest absolute Gasteiger partial charge is 0.493 e. The molecule has 0 saturated carbocycles. The normalized spacial score (nSPS) is 10.7. The Morgan fingerprint density at radius 2 is 1.61 bits per heavy atom. The second-order valence-corrected chi connectivity index (χ2v) is 4.99. The van der Waals surface area contributed by atoms with E-state index in [1.807, 2.05) is 0 Å². The number of ether oxygens (including phenoxy) is 1. The van der Waals surface area contributed by atoms with E-state index in [-0.39, 0.29) is 0 Å². The van der Waals surface area contributed by atoms with Crippen molar-refractivity contribution in [2.75, 3.05) is 6.61 Å². The lowest BCUT2D eigenvalue weighted by Crippen LogP contribution is -2.03. The van der Waals surface area contributed by atoms with E-state index in [4.69, 9.17) is 4.74 Å². The summed E-state index contributed by atoms with van der Waals surface area (Å²) in [5.41, 5.74) is 4.25. The fourth-order valence-corrected chi connectivity index (χ4v) is 2.36. The minimum Gasteiger partial charge on any atom is -0.493 e. The highest BCUT2D eigenvalue weighted by Gasteiger charge is 2.11. The summed E-state index contributed by atoms with van der Waals surface area (Å²) >= 11 is 0. The van der Waals surface area contributed by atoms with E-state index in [1.165, 1.54) is 48.8 Å². The lowest BCUT2D eigenvalue weighted by atomic mass is 9.95. The van der Waals surface area contributed by atoms with Crippen molar-refractivity contribution in [3.8, 4) is 5.75 Å². The molecule has 0 amide bonds. The summed E-state index contributed by atoms with van der Waals surface area (Å²) in [6, 6.07) is 4.52. The molecule has 0 saturated heterocycles. The molecule has 0 spiro atoms. The first-order valence-corrected chi connectivity index (χ1v) is 7.48. The van der Waals surface area contributed by atoms with Crippen LogP contribution in [0.4, 0.5) is 0 Å². The van der Waals surface area contributed by atoms with Gasteiger partial charge in [-0.05, 0) is 56.2 Å². The van der Waals surface area contributed by atoms with Crippen LogP contribution in [0.2, 0.25) is 0 Å². The van der Waals surface area contributed by atoms with E-state index in [1.54, 1.807) is 0 Å². The van der Waals surface area contributed by atoms with Gasteiger partial charge in [-0.1, -0.05) is 38.8 Å². The first-order chi connectivity index (χ1) is 8.74. The molecule has 1 nitrogen and oxygen atoms in total.